The molecule has 0 N–H and O–H groups in total. The quantitative estimate of drug-likeness (QED) is 0.451. The van der Waals surface area contributed by atoms with Crippen LogP contribution < -0.4 is 0 Å². The summed E-state index contributed by atoms with van der Waals surface area (Å²) in [5.41, 5.74) is -0.409. The van der Waals surface area contributed by atoms with E-state index in [1.807, 2.05) is 0 Å². The number of hydrogen-bond donors (Lipinski definition) is 0. The molecular formula is C9H6FNO5S. The van der Waals surface area contributed by atoms with Crippen LogP contribution in [0.3, 0.4) is 0 Å². The van der Waals surface area contributed by atoms with Crippen molar-refractivity contribution in [2.24, 2.45) is 4.40 Å². The Kier molecular flexibility index (Phi) is 3.72. The topological polar surface area (TPSA) is 89.9 Å². The highest BCUT2D eigenvalue weighted by molar-refractivity contribution is 7.90. The average molecular weight is 259 g/mol. The van der Waals surface area contributed by atoms with Crippen LogP contribution in [0.15, 0.2) is 27.5 Å². The maximum absolute atomic E-state index is 12.9. The molecule has 0 aromatic heterocycles. The SMILES string of the molecule is COC(=O)c1ccc(F)cc1S(=O)(=O)N=C=O. The number of ether oxygens (including phenoxy) is 1. The van der Waals surface area contributed by atoms with E-state index in [0.717, 1.165) is 25.3 Å². The van der Waals surface area contributed by atoms with Crippen LogP contribution in [0.25, 0.3) is 0 Å². The molecular weight excluding hydrogens is 253 g/mol. The number of methoxy groups -OCH3 is 1. The van der Waals surface area contributed by atoms with Gasteiger partial charge in [0.15, 0.2) is 0 Å². The first-order chi connectivity index (χ1) is 7.92. The second-order valence-electron chi connectivity index (χ2n) is 2.79. The Morgan fingerprint density at radius 3 is 2.65 bits per heavy atom. The van der Waals surface area contributed by atoms with Gasteiger partial charge in [0, 0.05) is 0 Å². The fraction of sp³-hybridized carbons (Fsp3) is 0.111. The number of nitrogens with zero attached hydrogens (tertiary/aromatic N) is 1. The summed E-state index contributed by atoms with van der Waals surface area (Å²) in [6.45, 7) is 0. The summed E-state index contributed by atoms with van der Waals surface area (Å²) in [7, 11) is -3.43. The molecule has 0 saturated heterocycles. The van der Waals surface area contributed by atoms with Crippen LogP contribution >= 0.6 is 0 Å². The van der Waals surface area contributed by atoms with E-state index in [-0.39, 0.29) is 0 Å². The summed E-state index contributed by atoms with van der Waals surface area (Å²) in [4.78, 5) is 20.5. The number of isocyanates is 1. The van der Waals surface area contributed by atoms with Crippen LogP contribution in [-0.4, -0.2) is 27.6 Å². The summed E-state index contributed by atoms with van der Waals surface area (Å²) in [6, 6.07) is 2.38. The molecule has 0 fully saturated rings. The lowest BCUT2D eigenvalue weighted by atomic mass is 10.2. The van der Waals surface area contributed by atoms with Crippen molar-refractivity contribution in [3.05, 3.63) is 29.6 Å². The van der Waals surface area contributed by atoms with E-state index < -0.39 is 32.3 Å². The number of esters is 1. The number of carbonyl (C=O) groups is 1. The molecule has 0 spiro atoms. The van der Waals surface area contributed by atoms with Gasteiger partial charge in [-0.25, -0.2) is 14.0 Å². The zero-order valence-electron chi connectivity index (χ0n) is 8.51. The molecule has 1 aromatic carbocycles. The summed E-state index contributed by atoms with van der Waals surface area (Å²) >= 11 is 0. The zero-order valence-corrected chi connectivity index (χ0v) is 9.32. The Morgan fingerprint density at radius 1 is 1.47 bits per heavy atom. The van der Waals surface area contributed by atoms with Crippen molar-refractivity contribution < 1.29 is 27.1 Å². The Morgan fingerprint density at radius 2 is 2.12 bits per heavy atom. The van der Waals surface area contributed by atoms with Crippen molar-refractivity contribution in [1.82, 2.24) is 0 Å². The van der Waals surface area contributed by atoms with E-state index >= 15 is 0 Å². The normalized spacial score (nSPS) is 10.5. The molecule has 0 atom stereocenters. The Bertz CT molecular complexity index is 604. The third kappa shape index (κ3) is 2.74. The van der Waals surface area contributed by atoms with E-state index in [1.165, 1.54) is 0 Å². The van der Waals surface area contributed by atoms with Crippen LogP contribution in [0.1, 0.15) is 10.4 Å². The lowest BCUT2D eigenvalue weighted by molar-refractivity contribution is 0.0596. The maximum Gasteiger partial charge on any atom is 0.339 e. The van der Waals surface area contributed by atoms with Gasteiger partial charge in [0.1, 0.15) is 10.7 Å². The van der Waals surface area contributed by atoms with Gasteiger partial charge in [-0.2, -0.15) is 8.42 Å². The molecule has 0 bridgehead atoms. The van der Waals surface area contributed by atoms with Gasteiger partial charge in [-0.15, -0.1) is 0 Å². The minimum absolute atomic E-state index is 0.409. The molecule has 0 aliphatic heterocycles. The van der Waals surface area contributed by atoms with Crippen molar-refractivity contribution in [3.8, 4) is 0 Å². The number of rotatable bonds is 3. The third-order valence-electron chi connectivity index (χ3n) is 1.78. The van der Waals surface area contributed by atoms with Gasteiger partial charge in [-0.3, -0.25) is 0 Å². The first kappa shape index (κ1) is 13.0. The van der Waals surface area contributed by atoms with Crippen LogP contribution in [0, 0.1) is 5.82 Å². The average Bonchev–Trinajstić information content (AvgIpc) is 2.28. The van der Waals surface area contributed by atoms with E-state index in [1.54, 1.807) is 0 Å². The molecule has 0 heterocycles. The second kappa shape index (κ2) is 4.86. The Labute approximate surface area is 95.8 Å². The van der Waals surface area contributed by atoms with Gasteiger partial charge >= 0.3 is 5.97 Å². The van der Waals surface area contributed by atoms with Gasteiger partial charge in [0.05, 0.1) is 12.7 Å². The standard InChI is InChI=1S/C9H6FNO5S/c1-16-9(13)7-3-2-6(10)4-8(7)17(14,15)11-5-12/h2-4H,1H3. The highest BCUT2D eigenvalue weighted by atomic mass is 32.2. The van der Waals surface area contributed by atoms with Crippen LogP contribution in [0.5, 0.6) is 0 Å². The lowest BCUT2D eigenvalue weighted by Crippen LogP contribution is -2.09. The molecule has 0 saturated carbocycles. The zero-order chi connectivity index (χ0) is 13.1. The van der Waals surface area contributed by atoms with Crippen LogP contribution in [0.4, 0.5) is 4.39 Å². The first-order valence-corrected chi connectivity index (χ1v) is 5.58. The van der Waals surface area contributed by atoms with Gasteiger partial charge in [-0.1, -0.05) is 4.40 Å². The van der Waals surface area contributed by atoms with E-state index in [4.69, 9.17) is 0 Å². The Balaban J connectivity index is 3.56. The molecule has 1 rings (SSSR count). The summed E-state index contributed by atoms with van der Waals surface area (Å²) in [6.07, 6.45) is 0.823. The largest absolute Gasteiger partial charge is 0.465 e. The smallest absolute Gasteiger partial charge is 0.339 e. The molecule has 17 heavy (non-hydrogen) atoms. The highest BCUT2D eigenvalue weighted by Crippen LogP contribution is 2.20. The third-order valence-corrected chi connectivity index (χ3v) is 2.99. The second-order valence-corrected chi connectivity index (χ2v) is 4.36. The molecule has 1 aromatic rings. The molecule has 6 nitrogen and oxygen atoms in total. The maximum atomic E-state index is 12.9. The Hall–Kier alpha value is -2.05. The summed E-state index contributed by atoms with van der Waals surface area (Å²) in [5.74, 6) is -1.87. The molecule has 0 amide bonds. The fourth-order valence-corrected chi connectivity index (χ4v) is 1.97. The van der Waals surface area contributed by atoms with Crippen LogP contribution in [0.2, 0.25) is 0 Å². The van der Waals surface area contributed by atoms with E-state index in [2.05, 4.69) is 9.13 Å². The van der Waals surface area contributed by atoms with Crippen molar-refractivity contribution >= 4 is 22.1 Å². The number of sulfonamides is 1. The fourth-order valence-electron chi connectivity index (χ4n) is 1.09. The molecule has 0 unspecified atom stereocenters. The van der Waals surface area contributed by atoms with Gasteiger partial charge in [0.2, 0.25) is 0 Å². The first-order valence-electron chi connectivity index (χ1n) is 4.14. The lowest BCUT2D eigenvalue weighted by Gasteiger charge is -2.04. The number of benzene rings is 1. The predicted molar refractivity (Wildman–Crippen MR) is 53.0 cm³/mol. The molecule has 0 aliphatic carbocycles. The number of hydrogen-bond acceptors (Lipinski definition) is 5. The number of carbonyl (C=O) groups excluding carboxylic acids is 2. The van der Waals surface area contributed by atoms with Crippen molar-refractivity contribution in [2.45, 2.75) is 4.90 Å². The molecule has 0 aliphatic rings. The summed E-state index contributed by atoms with van der Waals surface area (Å²) < 4.78 is 42.6. The van der Waals surface area contributed by atoms with Crippen molar-refractivity contribution in [1.29, 1.82) is 0 Å². The van der Waals surface area contributed by atoms with Gasteiger partial charge in [0.25, 0.3) is 16.1 Å². The van der Waals surface area contributed by atoms with E-state index in [9.17, 15) is 22.4 Å². The monoisotopic (exact) mass is 259 g/mol. The minimum Gasteiger partial charge on any atom is -0.465 e. The van der Waals surface area contributed by atoms with Crippen molar-refractivity contribution in [3.63, 3.8) is 0 Å². The van der Waals surface area contributed by atoms with E-state index in [0.29, 0.717) is 6.07 Å². The predicted octanol–water partition coefficient (Wildman–Crippen LogP) is 0.637. The molecule has 90 valence electrons. The van der Waals surface area contributed by atoms with Crippen molar-refractivity contribution in [2.75, 3.05) is 7.11 Å². The number of halogens is 1. The van der Waals surface area contributed by atoms with Gasteiger partial charge in [-0.05, 0) is 18.2 Å². The summed E-state index contributed by atoms with van der Waals surface area (Å²) in [5, 5.41) is 0. The highest BCUT2D eigenvalue weighted by Gasteiger charge is 2.23. The molecule has 0 radical (unpaired) electrons. The van der Waals surface area contributed by atoms with Crippen LogP contribution in [-0.2, 0) is 19.6 Å². The van der Waals surface area contributed by atoms with Gasteiger partial charge < -0.3 is 4.74 Å². The molecule has 8 heteroatoms. The minimum atomic E-state index is -4.46.